The smallest absolute Gasteiger partial charge is 0.280 e. The number of ketones is 1. The van der Waals surface area contributed by atoms with Gasteiger partial charge in [-0.1, -0.05) is 89.2 Å². The Balaban J connectivity index is 1.68. The van der Waals surface area contributed by atoms with Crippen molar-refractivity contribution in [3.8, 4) is 17.6 Å². The second-order valence-corrected chi connectivity index (χ2v) is 25.5. The van der Waals surface area contributed by atoms with Gasteiger partial charge in [0, 0.05) is 18.0 Å². The van der Waals surface area contributed by atoms with Crippen molar-refractivity contribution in [2.75, 3.05) is 33.2 Å². The van der Waals surface area contributed by atoms with Crippen LogP contribution in [0.15, 0.2) is 90.0 Å². The minimum atomic E-state index is -2.84. The molecule has 0 spiro atoms. The number of nitrogens with one attached hydrogen (secondary N) is 1. The fourth-order valence-corrected chi connectivity index (χ4v) is 11.5. The molecule has 1 aliphatic heterocycles. The number of carbonyl (C=O) groups excluding carboxylic acids is 1. The Kier molecular flexibility index (Phi) is 16.4. The van der Waals surface area contributed by atoms with Crippen molar-refractivity contribution in [2.24, 2.45) is 5.92 Å². The highest BCUT2D eigenvalue weighted by molar-refractivity contribution is 7.44. The van der Waals surface area contributed by atoms with E-state index in [1.54, 1.807) is 28.1 Å². The molecule has 6 rings (SSSR count). The maximum Gasteiger partial charge on any atom is 0.280 e. The number of ether oxygens (including phenoxy) is 4. The van der Waals surface area contributed by atoms with Crippen molar-refractivity contribution in [1.82, 2.24) is 24.2 Å². The summed E-state index contributed by atoms with van der Waals surface area (Å²) in [4.78, 5) is 40.8. The van der Waals surface area contributed by atoms with E-state index < -0.39 is 63.7 Å². The van der Waals surface area contributed by atoms with Crippen molar-refractivity contribution < 1.29 is 37.2 Å². The van der Waals surface area contributed by atoms with Gasteiger partial charge in [0.25, 0.3) is 14.1 Å². The second kappa shape index (κ2) is 21.3. The number of H-pyrrole nitrogens is 1. The number of fused-ring (bicyclic) bond motifs is 1. The van der Waals surface area contributed by atoms with Gasteiger partial charge in [0.05, 0.1) is 39.9 Å². The SMILES string of the molecule is COc1ccc(C(OC[C@H]2O[C@@](C(=O)C(C)C)(n3cnc4c(=O)[nH]c(N)nc43)[C@H](OP(OCCC#N)N(C(C)C)C(C)C)[C@@H]2O[Si](C)(C)C(C)(C)C)(c2ccccc2)c2ccc(OC)cc2)cc1. The molecular weight excluding hydrogens is 902 g/mol. The molecule has 0 radical (unpaired) electrons. The molecule has 0 bridgehead atoms. The van der Waals surface area contributed by atoms with E-state index in [-0.39, 0.29) is 53.9 Å². The van der Waals surface area contributed by atoms with Gasteiger partial charge in [-0.3, -0.25) is 19.1 Å². The summed E-state index contributed by atoms with van der Waals surface area (Å²) in [6.07, 6.45) is -1.89. The molecule has 5 aromatic rings. The summed E-state index contributed by atoms with van der Waals surface area (Å²) in [5.74, 6) is 0.0668. The van der Waals surface area contributed by atoms with Crippen LogP contribution >= 0.6 is 8.53 Å². The van der Waals surface area contributed by atoms with Crippen LogP contribution in [0.5, 0.6) is 11.5 Å². The number of Topliss-reactive ketones (excluding diaryl/α,β-unsaturated/α-hetero) is 1. The lowest BCUT2D eigenvalue weighted by atomic mass is 9.80. The number of nitriles is 1. The number of hydrogen-bond acceptors (Lipinski definition) is 14. The first-order valence-corrected chi connectivity index (χ1v) is 27.1. The number of nitrogens with two attached hydrogens (primary N) is 1. The predicted octanol–water partition coefficient (Wildman–Crippen LogP) is 9.06. The highest BCUT2D eigenvalue weighted by Gasteiger charge is 2.66. The largest absolute Gasteiger partial charge is 0.497 e. The van der Waals surface area contributed by atoms with Crippen molar-refractivity contribution in [3.63, 3.8) is 0 Å². The Bertz CT molecular complexity index is 2520. The van der Waals surface area contributed by atoms with Crippen molar-refractivity contribution in [2.45, 2.75) is 129 Å². The van der Waals surface area contributed by atoms with E-state index in [0.29, 0.717) is 11.5 Å². The van der Waals surface area contributed by atoms with Crippen LogP contribution < -0.4 is 20.8 Å². The average molecular weight is 970 g/mol. The van der Waals surface area contributed by atoms with Gasteiger partial charge in [0.1, 0.15) is 41.7 Å². The number of carbonyl (C=O) groups is 1. The van der Waals surface area contributed by atoms with Gasteiger partial charge >= 0.3 is 0 Å². The number of nitrogen functional groups attached to an aromatic ring is 1. The number of aromatic amines is 1. The van der Waals surface area contributed by atoms with Crippen LogP contribution in [0.3, 0.4) is 0 Å². The molecule has 3 N–H and O–H groups in total. The minimum Gasteiger partial charge on any atom is -0.497 e. The maximum absolute atomic E-state index is 15.7. The summed E-state index contributed by atoms with van der Waals surface area (Å²) in [5, 5.41) is 9.34. The zero-order chi connectivity index (χ0) is 49.8. The number of benzene rings is 3. The summed E-state index contributed by atoms with van der Waals surface area (Å²) in [6.45, 7) is 22.3. The Hall–Kier alpha value is -5.02. The van der Waals surface area contributed by atoms with Crippen LogP contribution in [0, 0.1) is 17.2 Å². The Labute approximate surface area is 402 Å². The van der Waals surface area contributed by atoms with Crippen LogP contribution in [0.4, 0.5) is 5.95 Å². The molecule has 68 heavy (non-hydrogen) atoms. The second-order valence-electron chi connectivity index (χ2n) is 19.3. The van der Waals surface area contributed by atoms with Crippen molar-refractivity contribution in [3.05, 3.63) is 112 Å². The van der Waals surface area contributed by atoms with Gasteiger partial charge in [-0.25, -0.2) is 9.65 Å². The lowest BCUT2D eigenvalue weighted by Gasteiger charge is -2.44. The van der Waals surface area contributed by atoms with Gasteiger partial charge in [-0.2, -0.15) is 10.2 Å². The highest BCUT2D eigenvalue weighted by atomic mass is 31.2. The van der Waals surface area contributed by atoms with Crippen LogP contribution in [-0.2, 0) is 39.1 Å². The molecule has 2 aromatic heterocycles. The summed E-state index contributed by atoms with van der Waals surface area (Å²) < 4.78 is 51.4. The van der Waals surface area contributed by atoms with Crippen LogP contribution in [0.1, 0.15) is 85.4 Å². The fraction of sp³-hybridized carbons (Fsp3) is 0.500. The first-order chi connectivity index (χ1) is 32.2. The van der Waals surface area contributed by atoms with Gasteiger partial charge in [-0.05, 0) is 86.8 Å². The molecule has 0 amide bonds. The molecule has 1 fully saturated rings. The van der Waals surface area contributed by atoms with Gasteiger partial charge < -0.3 is 38.2 Å². The third-order valence-corrected chi connectivity index (χ3v) is 19.4. The Morgan fingerprint density at radius 3 is 2.00 bits per heavy atom. The van der Waals surface area contributed by atoms with Crippen LogP contribution in [-0.4, -0.2) is 96.1 Å². The number of imidazole rings is 1. The summed E-state index contributed by atoms with van der Waals surface area (Å²) >= 11 is 0. The predicted molar refractivity (Wildman–Crippen MR) is 266 cm³/mol. The number of aromatic nitrogens is 4. The number of hydrogen-bond donors (Lipinski definition) is 2. The first-order valence-electron chi connectivity index (χ1n) is 23.0. The zero-order valence-electron chi connectivity index (χ0n) is 41.6. The summed E-state index contributed by atoms with van der Waals surface area (Å²) in [6, 6.07) is 27.3. The monoisotopic (exact) mass is 969 g/mol. The molecule has 1 aliphatic rings. The van der Waals surface area contributed by atoms with Gasteiger partial charge in [-0.15, -0.1) is 0 Å². The van der Waals surface area contributed by atoms with E-state index >= 15 is 4.79 Å². The Morgan fingerprint density at radius 1 is 0.941 bits per heavy atom. The molecule has 18 heteroatoms. The van der Waals surface area contributed by atoms with Crippen LogP contribution in [0.2, 0.25) is 18.1 Å². The summed E-state index contributed by atoms with van der Waals surface area (Å²) in [7, 11) is -1.65. The third-order valence-electron chi connectivity index (χ3n) is 12.8. The summed E-state index contributed by atoms with van der Waals surface area (Å²) in [5.41, 5.74) is 4.57. The number of anilines is 1. The molecule has 3 heterocycles. The lowest BCUT2D eigenvalue weighted by molar-refractivity contribution is -0.179. The molecule has 16 nitrogen and oxygen atoms in total. The molecule has 1 unspecified atom stereocenters. The molecule has 5 atom stereocenters. The van der Waals surface area contributed by atoms with E-state index in [2.05, 4.69) is 59.6 Å². The standard InChI is InChI=1S/C50H68N7O9PSi/c1-32(2)43(58)50(56-31-53-41-45(56)54-47(52)55-46(41)59)44(65-67(63-29-17-28-51)57(33(3)4)34(5)6)42(66-68(12,13)48(7,8)9)40(64-50)30-62-49(35-18-15-14-16-19-35,36-20-24-38(60-10)25-21-36)37-22-26-39(61-11)27-23-37/h14-16,18-27,31-34,40,42,44H,17,29-30H2,1-13H3,(H3,52,54,55,59)/t40-,42-,44-,50-,67?/m1/s1. The van der Waals surface area contributed by atoms with Crippen molar-refractivity contribution >= 4 is 39.7 Å². The van der Waals surface area contributed by atoms with E-state index in [4.69, 9.17) is 38.2 Å². The van der Waals surface area contributed by atoms with Gasteiger partial charge in [0.2, 0.25) is 11.7 Å². The molecule has 1 saturated heterocycles. The van der Waals surface area contributed by atoms with Crippen LogP contribution in [0.25, 0.3) is 11.2 Å². The molecule has 0 saturated carbocycles. The number of nitrogens with zero attached hydrogens (tertiary/aromatic N) is 5. The van der Waals surface area contributed by atoms with E-state index in [1.165, 1.54) is 10.9 Å². The van der Waals surface area contributed by atoms with E-state index in [0.717, 1.165) is 16.7 Å². The van der Waals surface area contributed by atoms with Crippen molar-refractivity contribution in [1.29, 1.82) is 5.26 Å². The normalized spacial score (nSPS) is 19.6. The third kappa shape index (κ3) is 10.3. The quantitative estimate of drug-likeness (QED) is 0.0306. The first kappa shape index (κ1) is 52.4. The average Bonchev–Trinajstić information content (AvgIpc) is 3.85. The fourth-order valence-electron chi connectivity index (χ4n) is 8.46. The molecular formula is C50H68N7O9PSi. The topological polar surface area (TPSA) is 198 Å². The molecule has 0 aliphatic carbocycles. The molecule has 366 valence electrons. The van der Waals surface area contributed by atoms with Gasteiger partial charge in [0.15, 0.2) is 25.3 Å². The minimum absolute atomic E-state index is 0.0101. The van der Waals surface area contributed by atoms with E-state index in [9.17, 15) is 10.1 Å². The Morgan fingerprint density at radius 2 is 1.50 bits per heavy atom. The highest BCUT2D eigenvalue weighted by Crippen LogP contribution is 2.55. The molecule has 3 aromatic carbocycles. The maximum atomic E-state index is 15.7. The van der Waals surface area contributed by atoms with E-state index in [1.807, 2.05) is 107 Å². The lowest BCUT2D eigenvalue weighted by Crippen LogP contribution is -2.57. The zero-order valence-corrected chi connectivity index (χ0v) is 43.5. The number of methoxy groups -OCH3 is 2. The number of rotatable bonds is 21.